The number of hydrogen-bond donors (Lipinski definition) is 2. The predicted molar refractivity (Wildman–Crippen MR) is 238 cm³/mol. The van der Waals surface area contributed by atoms with Crippen LogP contribution in [-0.4, -0.2) is 97.2 Å². The van der Waals surface area contributed by atoms with Gasteiger partial charge < -0.3 is 24.8 Å². The van der Waals surface area contributed by atoms with E-state index in [0.29, 0.717) is 54.4 Å². The van der Waals surface area contributed by atoms with E-state index in [2.05, 4.69) is 63.2 Å². The molecule has 0 aromatic carbocycles. The van der Waals surface area contributed by atoms with E-state index < -0.39 is 17.4 Å². The minimum Gasteiger partial charge on any atom is -0.481 e. The number of aliphatic carboxylic acids is 1. The Morgan fingerprint density at radius 3 is 2.21 bits per heavy atom. The van der Waals surface area contributed by atoms with Crippen LogP contribution in [0.15, 0.2) is 12.2 Å². The van der Waals surface area contributed by atoms with Crippen LogP contribution in [0.2, 0.25) is 0 Å². The van der Waals surface area contributed by atoms with Crippen molar-refractivity contribution in [3.63, 3.8) is 0 Å². The van der Waals surface area contributed by atoms with Crippen molar-refractivity contribution in [3.8, 4) is 0 Å². The van der Waals surface area contributed by atoms with Gasteiger partial charge in [-0.1, -0.05) is 46.8 Å². The lowest BCUT2D eigenvalue weighted by atomic mass is 9.32. The second-order valence-electron chi connectivity index (χ2n) is 23.5. The summed E-state index contributed by atoms with van der Waals surface area (Å²) in [5.41, 5.74) is -0.0439. The van der Waals surface area contributed by atoms with Gasteiger partial charge in [0.25, 0.3) is 0 Å². The van der Waals surface area contributed by atoms with Crippen LogP contribution in [0.25, 0.3) is 0 Å². The quantitative estimate of drug-likeness (QED) is 0.139. The van der Waals surface area contributed by atoms with Crippen molar-refractivity contribution in [2.24, 2.45) is 68.0 Å². The highest BCUT2D eigenvalue weighted by molar-refractivity contribution is 5.84. The second kappa shape index (κ2) is 17.5. The van der Waals surface area contributed by atoms with Crippen molar-refractivity contribution in [1.29, 1.82) is 0 Å². The monoisotopic (exact) mass is 850 g/mol. The molecule has 344 valence electrons. The summed E-state index contributed by atoms with van der Waals surface area (Å²) < 4.78 is 11.6. The maximum absolute atomic E-state index is 15.2. The standard InChI is InChI=1S/C51H83N3O7/c1-34(2)36-15-22-51(44(57)54-26-18-35(19-27-54)11-10-12-41(55)52-25-28-53-29-31-60-32-30-53)24-23-49(8)37(43(36)51)13-14-39-48(7)20-17-40(61-42(56)33-46(3,4)45(58)59)47(5,6)38(48)16-21-50(39,49)9/h35-40,43H,1,10-33H2,2-9H3,(H,52,55)(H,58,59)/t36-,37+,38-,39+,40-,43+,48-,49+,50+,51-/m0/s1. The normalized spacial score (nSPS) is 38.9. The molecule has 0 radical (unpaired) electrons. The third-order valence-corrected chi connectivity index (χ3v) is 19.6. The van der Waals surface area contributed by atoms with Gasteiger partial charge in [-0.25, -0.2) is 0 Å². The second-order valence-corrected chi connectivity index (χ2v) is 23.5. The van der Waals surface area contributed by atoms with E-state index in [0.717, 1.165) is 129 Å². The third-order valence-electron chi connectivity index (χ3n) is 19.6. The number of hydrogen-bond acceptors (Lipinski definition) is 7. The first-order chi connectivity index (χ1) is 28.7. The van der Waals surface area contributed by atoms with Crippen molar-refractivity contribution >= 4 is 23.8 Å². The van der Waals surface area contributed by atoms with E-state index in [1.54, 1.807) is 13.8 Å². The molecule has 2 N–H and O–H groups in total. The van der Waals surface area contributed by atoms with Gasteiger partial charge in [0.15, 0.2) is 0 Å². The van der Waals surface area contributed by atoms with E-state index in [9.17, 15) is 19.5 Å². The Bertz CT molecular complexity index is 1660. The average Bonchev–Trinajstić information content (AvgIpc) is 3.61. The number of nitrogens with one attached hydrogen (secondary N) is 1. The molecule has 10 atom stereocenters. The number of carbonyl (C=O) groups is 4. The SMILES string of the molecule is C=C(C)[C@@H]1CC[C@]2(C(=O)N3CCC(CCCC(=O)NCCN4CCOCC4)CC3)CC[C@]3(C)[C@H](CC[C@@H]4[C@@]5(C)CC[C@H](OC(=O)CC(C)(C)C(=O)O)C(C)(C)[C@@H]5CC[C@]43C)[C@@H]12. The lowest BCUT2D eigenvalue weighted by Crippen LogP contribution is -2.67. The Morgan fingerprint density at radius 2 is 1.54 bits per heavy atom. The Labute approximate surface area is 368 Å². The van der Waals surface area contributed by atoms with Gasteiger partial charge in [0.2, 0.25) is 11.8 Å². The minimum atomic E-state index is -1.16. The Balaban J connectivity index is 0.990. The Hall–Kier alpha value is -2.46. The number of rotatable bonds is 13. The van der Waals surface area contributed by atoms with Crippen molar-refractivity contribution in [1.82, 2.24) is 15.1 Å². The number of piperidine rings is 1. The zero-order chi connectivity index (χ0) is 44.2. The number of esters is 1. The molecule has 61 heavy (non-hydrogen) atoms. The van der Waals surface area contributed by atoms with Gasteiger partial charge in [0.05, 0.1) is 30.5 Å². The zero-order valence-electron chi connectivity index (χ0n) is 39.5. The molecule has 0 unspecified atom stereocenters. The van der Waals surface area contributed by atoms with Crippen LogP contribution in [0.3, 0.4) is 0 Å². The summed E-state index contributed by atoms with van der Waals surface area (Å²) in [7, 11) is 0. The molecule has 0 aromatic heterocycles. The van der Waals surface area contributed by atoms with Crippen molar-refractivity contribution in [2.75, 3.05) is 52.5 Å². The number of nitrogens with zero attached hydrogens (tertiary/aromatic N) is 2. The van der Waals surface area contributed by atoms with E-state index >= 15 is 4.79 Å². The molecule has 7 rings (SSSR count). The van der Waals surface area contributed by atoms with Crippen LogP contribution in [0, 0.1) is 68.0 Å². The topological polar surface area (TPSA) is 125 Å². The van der Waals surface area contributed by atoms with Crippen LogP contribution in [-0.2, 0) is 28.7 Å². The van der Waals surface area contributed by atoms with Gasteiger partial charge in [0.1, 0.15) is 6.10 Å². The third kappa shape index (κ3) is 8.38. The van der Waals surface area contributed by atoms with Gasteiger partial charge in [-0.3, -0.25) is 24.1 Å². The molecule has 10 nitrogen and oxygen atoms in total. The number of carbonyl (C=O) groups excluding carboxylic acids is 3. The first kappa shape index (κ1) is 46.5. The van der Waals surface area contributed by atoms with Crippen LogP contribution < -0.4 is 5.32 Å². The Morgan fingerprint density at radius 1 is 0.836 bits per heavy atom. The van der Waals surface area contributed by atoms with Gasteiger partial charge >= 0.3 is 11.9 Å². The van der Waals surface area contributed by atoms with E-state index in [1.165, 1.54) is 12.0 Å². The van der Waals surface area contributed by atoms with Gasteiger partial charge in [-0.2, -0.15) is 0 Å². The highest BCUT2D eigenvalue weighted by atomic mass is 16.5. The molecule has 7 fully saturated rings. The minimum absolute atomic E-state index is 0.110. The summed E-state index contributed by atoms with van der Waals surface area (Å²) >= 11 is 0. The largest absolute Gasteiger partial charge is 0.481 e. The maximum Gasteiger partial charge on any atom is 0.309 e. The lowest BCUT2D eigenvalue weighted by Gasteiger charge is -2.73. The number of fused-ring (bicyclic) bond motifs is 7. The van der Waals surface area contributed by atoms with Crippen molar-refractivity contribution in [3.05, 3.63) is 12.2 Å². The molecule has 2 heterocycles. The average molecular weight is 850 g/mol. The number of allylic oxidation sites excluding steroid dienone is 1. The van der Waals surface area contributed by atoms with E-state index in [1.807, 2.05) is 0 Å². The fourth-order valence-corrected chi connectivity index (χ4v) is 15.9. The number of morpholine rings is 1. The first-order valence-corrected chi connectivity index (χ1v) is 24.6. The molecular weight excluding hydrogens is 767 g/mol. The lowest BCUT2D eigenvalue weighted by molar-refractivity contribution is -0.250. The summed E-state index contributed by atoms with van der Waals surface area (Å²) in [6.07, 6.45) is 14.8. The van der Waals surface area contributed by atoms with Crippen molar-refractivity contribution in [2.45, 2.75) is 164 Å². The summed E-state index contributed by atoms with van der Waals surface area (Å²) in [5.74, 6) is 1.94. The molecule has 5 aliphatic carbocycles. The highest BCUT2D eigenvalue weighted by Crippen LogP contribution is 2.77. The Kier molecular flexibility index (Phi) is 13.3. The molecule has 10 heteroatoms. The van der Waals surface area contributed by atoms with Crippen molar-refractivity contribution < 1.29 is 33.8 Å². The molecule has 0 aromatic rings. The van der Waals surface area contributed by atoms with Crippen LogP contribution in [0.1, 0.15) is 158 Å². The molecule has 0 spiro atoms. The van der Waals surface area contributed by atoms with Crippen LogP contribution in [0.5, 0.6) is 0 Å². The van der Waals surface area contributed by atoms with E-state index in [-0.39, 0.29) is 45.5 Å². The summed E-state index contributed by atoms with van der Waals surface area (Å²) in [5, 5.41) is 12.8. The molecule has 2 aliphatic heterocycles. The fourth-order valence-electron chi connectivity index (χ4n) is 15.9. The molecule has 2 saturated heterocycles. The number of amides is 2. The highest BCUT2D eigenvalue weighted by Gasteiger charge is 2.72. The molecule has 0 bridgehead atoms. The molecule has 5 saturated carbocycles. The van der Waals surface area contributed by atoms with Gasteiger partial charge in [-0.15, -0.1) is 0 Å². The number of likely N-dealkylation sites (tertiary alicyclic amines) is 1. The zero-order valence-corrected chi connectivity index (χ0v) is 39.5. The predicted octanol–water partition coefficient (Wildman–Crippen LogP) is 8.91. The maximum atomic E-state index is 15.2. The smallest absolute Gasteiger partial charge is 0.309 e. The van der Waals surface area contributed by atoms with E-state index in [4.69, 9.17) is 9.47 Å². The summed E-state index contributed by atoms with van der Waals surface area (Å²) in [6.45, 7) is 29.2. The summed E-state index contributed by atoms with van der Waals surface area (Å²) in [4.78, 5) is 57.4. The number of carboxylic acid groups (broad SMARTS) is 1. The first-order valence-electron chi connectivity index (χ1n) is 24.6. The number of carboxylic acids is 1. The summed E-state index contributed by atoms with van der Waals surface area (Å²) in [6, 6.07) is 0. The van der Waals surface area contributed by atoms with Gasteiger partial charge in [-0.05, 0) is 162 Å². The number of ether oxygens (including phenoxy) is 2. The van der Waals surface area contributed by atoms with Crippen LogP contribution in [0.4, 0.5) is 0 Å². The fraction of sp³-hybridized carbons (Fsp3) is 0.882. The molecular formula is C51H83N3O7. The van der Waals surface area contributed by atoms with Gasteiger partial charge in [0, 0.05) is 51.1 Å². The molecule has 7 aliphatic rings. The molecule has 2 amide bonds. The van der Waals surface area contributed by atoms with Crippen LogP contribution >= 0.6 is 0 Å².